The first kappa shape index (κ1) is 13.9. The Hall–Kier alpha value is -1.07. The average Bonchev–Trinajstić information content (AvgIpc) is 2.77. The first-order valence-corrected chi connectivity index (χ1v) is 8.01. The van der Waals surface area contributed by atoms with Gasteiger partial charge in [-0.05, 0) is 38.3 Å². The number of aryl methyl sites for hydroxylation is 1. The molecule has 0 aliphatic heterocycles. The Balaban J connectivity index is 1.93. The van der Waals surface area contributed by atoms with Crippen molar-refractivity contribution in [2.45, 2.75) is 38.3 Å². The van der Waals surface area contributed by atoms with Crippen LogP contribution in [0.2, 0.25) is 0 Å². The van der Waals surface area contributed by atoms with E-state index in [-0.39, 0.29) is 0 Å². The number of hydrogen-bond donors (Lipinski definition) is 1. The predicted molar refractivity (Wildman–Crippen MR) is 82.7 cm³/mol. The molecule has 1 aromatic heterocycles. The number of benzene rings is 1. The maximum Gasteiger partial charge on any atom is 0.121 e. The molecule has 1 N–H and O–H groups in total. The number of imidazole rings is 1. The van der Waals surface area contributed by atoms with E-state index in [2.05, 4.69) is 38.5 Å². The number of hydrogen-bond acceptors (Lipinski definition) is 3. The van der Waals surface area contributed by atoms with Crippen LogP contribution in [0.4, 0.5) is 0 Å². The van der Waals surface area contributed by atoms with E-state index in [4.69, 9.17) is 4.74 Å². The normalized spacial score (nSPS) is 25.7. The summed E-state index contributed by atoms with van der Waals surface area (Å²) in [5, 5.41) is 10.7. The predicted octanol–water partition coefficient (Wildman–Crippen LogP) is 3.20. The maximum absolute atomic E-state index is 9.91. The third kappa shape index (κ3) is 2.44. The lowest BCUT2D eigenvalue weighted by Crippen LogP contribution is -2.41. The number of ether oxygens (including phenoxy) is 1. The van der Waals surface area contributed by atoms with Crippen LogP contribution in [0.1, 0.15) is 31.4 Å². The molecule has 0 radical (unpaired) electrons. The third-order valence-corrected chi connectivity index (χ3v) is 4.25. The van der Waals surface area contributed by atoms with E-state index in [0.29, 0.717) is 12.6 Å². The zero-order chi connectivity index (χ0) is 14.3. The smallest absolute Gasteiger partial charge is 0.121 e. The first-order chi connectivity index (χ1) is 9.50. The van der Waals surface area contributed by atoms with Gasteiger partial charge in [0.25, 0.3) is 0 Å². The van der Waals surface area contributed by atoms with Gasteiger partial charge in [-0.2, -0.15) is 0 Å². The van der Waals surface area contributed by atoms with Gasteiger partial charge >= 0.3 is 0 Å². The van der Waals surface area contributed by atoms with Crippen LogP contribution in [-0.4, -0.2) is 32.2 Å². The molecule has 1 aliphatic carbocycles. The van der Waals surface area contributed by atoms with Crippen molar-refractivity contribution >= 4 is 27.0 Å². The minimum absolute atomic E-state index is 0.350. The summed E-state index contributed by atoms with van der Waals surface area (Å²) in [6.07, 6.45) is 3.46. The zero-order valence-corrected chi connectivity index (χ0v) is 13.4. The summed E-state index contributed by atoms with van der Waals surface area (Å²) in [7, 11) is 0. The second-order valence-electron chi connectivity index (χ2n) is 5.86. The van der Waals surface area contributed by atoms with Crippen molar-refractivity contribution in [3.8, 4) is 5.75 Å². The Bertz CT molecular complexity index is 628. The summed E-state index contributed by atoms with van der Waals surface area (Å²) in [4.78, 5) is 4.49. The summed E-state index contributed by atoms with van der Waals surface area (Å²) in [5.74, 6) is 0.861. The van der Waals surface area contributed by atoms with Crippen molar-refractivity contribution in [1.82, 2.24) is 9.55 Å². The summed E-state index contributed by atoms with van der Waals surface area (Å²) < 4.78 is 7.84. The molecule has 20 heavy (non-hydrogen) atoms. The van der Waals surface area contributed by atoms with Crippen molar-refractivity contribution < 1.29 is 9.84 Å². The van der Waals surface area contributed by atoms with Gasteiger partial charge in [0.1, 0.15) is 5.75 Å². The van der Waals surface area contributed by atoms with Crippen LogP contribution in [0, 0.1) is 6.92 Å². The molecule has 0 spiro atoms. The largest absolute Gasteiger partial charge is 0.493 e. The molecule has 1 saturated carbocycles. The molecular formula is C15H19BrN2O2. The lowest BCUT2D eigenvalue weighted by molar-refractivity contribution is -0.0498. The highest BCUT2D eigenvalue weighted by atomic mass is 79.9. The molecule has 0 saturated heterocycles. The quantitative estimate of drug-likeness (QED) is 0.870. The molecular weight excluding hydrogens is 320 g/mol. The Morgan fingerprint density at radius 3 is 2.90 bits per heavy atom. The number of nitrogens with zero attached hydrogens (tertiary/aromatic N) is 2. The molecule has 4 nitrogen and oxygen atoms in total. The molecule has 0 unspecified atom stereocenters. The van der Waals surface area contributed by atoms with E-state index in [0.717, 1.165) is 40.5 Å². The van der Waals surface area contributed by atoms with Crippen LogP contribution in [-0.2, 0) is 0 Å². The van der Waals surface area contributed by atoms with Gasteiger partial charge in [-0.3, -0.25) is 0 Å². The zero-order valence-electron chi connectivity index (χ0n) is 11.8. The van der Waals surface area contributed by atoms with E-state index < -0.39 is 5.60 Å². The number of halogens is 1. The van der Waals surface area contributed by atoms with Gasteiger partial charge in [0.05, 0.1) is 29.6 Å². The summed E-state index contributed by atoms with van der Waals surface area (Å²) >= 11 is 3.36. The van der Waals surface area contributed by atoms with Crippen molar-refractivity contribution in [3.63, 3.8) is 0 Å². The van der Waals surface area contributed by atoms with E-state index in [1.165, 1.54) is 0 Å². The Morgan fingerprint density at radius 2 is 2.25 bits per heavy atom. The number of rotatable bonds is 4. The molecule has 0 atom stereocenters. The minimum atomic E-state index is -0.520. The molecule has 0 bridgehead atoms. The molecule has 1 heterocycles. The van der Waals surface area contributed by atoms with Gasteiger partial charge < -0.3 is 14.4 Å². The van der Waals surface area contributed by atoms with E-state index in [1.54, 1.807) is 0 Å². The third-order valence-electron chi connectivity index (χ3n) is 3.92. The lowest BCUT2D eigenvalue weighted by atomic mass is 9.77. The van der Waals surface area contributed by atoms with Gasteiger partial charge in [-0.25, -0.2) is 4.98 Å². The Kier molecular flexibility index (Phi) is 3.50. The number of aliphatic hydroxyl groups is 1. The molecule has 1 fully saturated rings. The minimum Gasteiger partial charge on any atom is -0.493 e. The Labute approximate surface area is 126 Å². The highest BCUT2D eigenvalue weighted by Gasteiger charge is 2.39. The number of alkyl halides is 1. The lowest BCUT2D eigenvalue weighted by Gasteiger charge is -2.41. The number of fused-ring (bicyclic) bond motifs is 1. The fourth-order valence-electron chi connectivity index (χ4n) is 3.01. The van der Waals surface area contributed by atoms with Gasteiger partial charge in [-0.1, -0.05) is 15.9 Å². The van der Waals surface area contributed by atoms with Gasteiger partial charge in [0.15, 0.2) is 0 Å². The molecule has 3 rings (SSSR count). The van der Waals surface area contributed by atoms with Crippen LogP contribution in [0.15, 0.2) is 18.5 Å². The van der Waals surface area contributed by atoms with Crippen molar-refractivity contribution in [1.29, 1.82) is 0 Å². The van der Waals surface area contributed by atoms with E-state index >= 15 is 0 Å². The summed E-state index contributed by atoms with van der Waals surface area (Å²) in [6, 6.07) is 4.39. The molecule has 108 valence electrons. The molecule has 5 heteroatoms. The number of aromatic nitrogens is 2. The van der Waals surface area contributed by atoms with E-state index in [1.807, 2.05) is 19.3 Å². The Morgan fingerprint density at radius 1 is 1.50 bits per heavy atom. The SMILES string of the molecule is Cc1cc(OCCBr)cc2ncn(C3CC(C)(O)C3)c12. The highest BCUT2D eigenvalue weighted by molar-refractivity contribution is 9.09. The summed E-state index contributed by atoms with van der Waals surface area (Å²) in [5.41, 5.74) is 2.75. The van der Waals surface area contributed by atoms with Crippen molar-refractivity contribution in [2.24, 2.45) is 0 Å². The van der Waals surface area contributed by atoms with Crippen LogP contribution in [0.25, 0.3) is 11.0 Å². The van der Waals surface area contributed by atoms with Crippen LogP contribution in [0.5, 0.6) is 5.75 Å². The van der Waals surface area contributed by atoms with Gasteiger partial charge in [0, 0.05) is 17.4 Å². The maximum atomic E-state index is 9.91. The standard InChI is InChI=1S/C15H19BrN2O2/c1-10-5-12(20-4-3-16)6-13-14(10)18(9-17-13)11-7-15(2,19)8-11/h5-6,9,11,19H,3-4,7-8H2,1-2H3. The molecule has 1 aliphatic rings. The van der Waals surface area contributed by atoms with Crippen LogP contribution < -0.4 is 4.74 Å². The molecule has 1 aromatic carbocycles. The van der Waals surface area contributed by atoms with Crippen molar-refractivity contribution in [2.75, 3.05) is 11.9 Å². The molecule has 2 aromatic rings. The second-order valence-corrected chi connectivity index (χ2v) is 6.65. The fraction of sp³-hybridized carbons (Fsp3) is 0.533. The topological polar surface area (TPSA) is 47.3 Å². The van der Waals surface area contributed by atoms with E-state index in [9.17, 15) is 5.11 Å². The van der Waals surface area contributed by atoms with Crippen LogP contribution >= 0.6 is 15.9 Å². The fourth-order valence-corrected chi connectivity index (χ4v) is 3.18. The van der Waals surface area contributed by atoms with Crippen molar-refractivity contribution in [3.05, 3.63) is 24.0 Å². The highest BCUT2D eigenvalue weighted by Crippen LogP contribution is 2.42. The monoisotopic (exact) mass is 338 g/mol. The summed E-state index contributed by atoms with van der Waals surface area (Å²) in [6.45, 7) is 4.62. The van der Waals surface area contributed by atoms with Crippen LogP contribution in [0.3, 0.4) is 0 Å². The molecule has 0 amide bonds. The average molecular weight is 339 g/mol. The first-order valence-electron chi connectivity index (χ1n) is 6.88. The van der Waals surface area contributed by atoms with Gasteiger partial charge in [0.2, 0.25) is 0 Å². The van der Waals surface area contributed by atoms with Gasteiger partial charge in [-0.15, -0.1) is 0 Å². The second kappa shape index (κ2) is 5.04.